The number of nitrogens with two attached hydrogens (primary N) is 1. The molecule has 134 valence electrons. The van der Waals surface area contributed by atoms with E-state index in [1.54, 1.807) is 0 Å². The summed E-state index contributed by atoms with van der Waals surface area (Å²) in [5.74, 6) is -0.310. The quantitative estimate of drug-likeness (QED) is 0.917. The molecule has 7 heteroatoms. The molecule has 2 aromatic rings. The van der Waals surface area contributed by atoms with Crippen molar-refractivity contribution in [3.05, 3.63) is 47.1 Å². The first-order valence-electron chi connectivity index (χ1n) is 8.76. The maximum Gasteiger partial charge on any atom is 0.256 e. The molecule has 2 fully saturated rings. The Morgan fingerprint density at radius 2 is 1.92 bits per heavy atom. The lowest BCUT2D eigenvalue weighted by atomic mass is 9.77. The molecule has 2 aliphatic rings. The van der Waals surface area contributed by atoms with Crippen molar-refractivity contribution < 1.29 is 18.0 Å². The molecule has 1 saturated carbocycles. The summed E-state index contributed by atoms with van der Waals surface area (Å²) in [5.41, 5.74) is 4.94. The van der Waals surface area contributed by atoms with Crippen LogP contribution in [0.4, 0.5) is 8.78 Å². The fourth-order valence-electron chi connectivity index (χ4n) is 4.21. The Balaban J connectivity index is 1.76. The maximum atomic E-state index is 14.5. The largest absolute Gasteiger partial charge is 0.368 e. The van der Waals surface area contributed by atoms with Crippen LogP contribution in [0.25, 0.3) is 0 Å². The predicted molar refractivity (Wildman–Crippen MR) is 85.8 cm³/mol. The molecular formula is C18H21F2N3O2. The minimum atomic E-state index is -0.881. The van der Waals surface area contributed by atoms with E-state index in [-0.39, 0.29) is 17.6 Å². The van der Waals surface area contributed by atoms with Gasteiger partial charge in [-0.2, -0.15) is 4.98 Å². The molecule has 1 aliphatic heterocycles. The second kappa shape index (κ2) is 6.46. The fourth-order valence-corrected chi connectivity index (χ4v) is 4.21. The molecule has 1 aromatic heterocycles. The summed E-state index contributed by atoms with van der Waals surface area (Å²) in [6, 6.07) is 3.94. The zero-order valence-electron chi connectivity index (χ0n) is 13.9. The minimum Gasteiger partial charge on any atom is -0.368 e. The fraction of sp³-hybridized carbons (Fsp3) is 0.556. The van der Waals surface area contributed by atoms with E-state index in [9.17, 15) is 8.78 Å². The first kappa shape index (κ1) is 16.6. The van der Waals surface area contributed by atoms with Gasteiger partial charge in [-0.3, -0.25) is 0 Å². The van der Waals surface area contributed by atoms with Crippen LogP contribution in [0, 0.1) is 17.6 Å². The van der Waals surface area contributed by atoms with E-state index in [0.717, 1.165) is 19.3 Å². The topological polar surface area (TPSA) is 74.2 Å². The number of rotatable bonds is 4. The van der Waals surface area contributed by atoms with Crippen molar-refractivity contribution >= 4 is 0 Å². The van der Waals surface area contributed by atoms with Crippen LogP contribution in [0.15, 0.2) is 22.7 Å². The maximum absolute atomic E-state index is 14.5. The molecule has 2 atom stereocenters. The van der Waals surface area contributed by atoms with Gasteiger partial charge in [-0.05, 0) is 37.9 Å². The van der Waals surface area contributed by atoms with Gasteiger partial charge in [0.25, 0.3) is 5.89 Å². The lowest BCUT2D eigenvalue weighted by Gasteiger charge is -2.26. The average Bonchev–Trinajstić information content (AvgIpc) is 3.34. The van der Waals surface area contributed by atoms with Gasteiger partial charge in [0.2, 0.25) is 0 Å². The first-order valence-corrected chi connectivity index (χ1v) is 8.76. The monoisotopic (exact) mass is 349 g/mol. The summed E-state index contributed by atoms with van der Waals surface area (Å²) in [7, 11) is 0. The number of hydrogen-bond donors (Lipinski definition) is 1. The molecule has 4 rings (SSSR count). The first-order chi connectivity index (χ1) is 12.2. The van der Waals surface area contributed by atoms with Crippen LogP contribution in [-0.2, 0) is 10.2 Å². The van der Waals surface area contributed by atoms with E-state index in [0.29, 0.717) is 37.7 Å². The summed E-state index contributed by atoms with van der Waals surface area (Å²) in [4.78, 5) is 4.51. The number of aromatic nitrogens is 2. The highest BCUT2D eigenvalue weighted by Gasteiger charge is 2.46. The molecule has 0 bridgehead atoms. The van der Waals surface area contributed by atoms with Crippen LogP contribution in [0.3, 0.4) is 0 Å². The number of benzene rings is 1. The van der Waals surface area contributed by atoms with Crippen LogP contribution in [-0.4, -0.2) is 23.3 Å². The summed E-state index contributed by atoms with van der Waals surface area (Å²) in [6.45, 7) is 1.06. The average molecular weight is 349 g/mol. The summed E-state index contributed by atoms with van der Waals surface area (Å²) < 4.78 is 40.1. The van der Waals surface area contributed by atoms with Crippen molar-refractivity contribution in [1.82, 2.24) is 10.1 Å². The Morgan fingerprint density at radius 3 is 2.60 bits per heavy atom. The van der Waals surface area contributed by atoms with E-state index in [4.69, 9.17) is 15.0 Å². The number of hydrogen-bond acceptors (Lipinski definition) is 5. The molecule has 0 radical (unpaired) electrons. The molecule has 2 heterocycles. The minimum absolute atomic E-state index is 0.0440. The Hall–Kier alpha value is -1.86. The lowest BCUT2D eigenvalue weighted by Crippen LogP contribution is -2.28. The second-order valence-electron chi connectivity index (χ2n) is 6.92. The van der Waals surface area contributed by atoms with E-state index < -0.39 is 17.0 Å². The van der Waals surface area contributed by atoms with Crippen molar-refractivity contribution in [2.24, 2.45) is 11.7 Å². The summed E-state index contributed by atoms with van der Waals surface area (Å²) in [5, 5.41) is 4.10. The van der Waals surface area contributed by atoms with E-state index in [1.165, 1.54) is 18.2 Å². The van der Waals surface area contributed by atoms with Gasteiger partial charge in [-0.1, -0.05) is 24.1 Å². The zero-order valence-corrected chi connectivity index (χ0v) is 13.9. The smallest absolute Gasteiger partial charge is 0.256 e. The van der Waals surface area contributed by atoms with Crippen molar-refractivity contribution in [2.45, 2.75) is 43.6 Å². The van der Waals surface area contributed by atoms with Gasteiger partial charge in [0.15, 0.2) is 5.82 Å². The predicted octanol–water partition coefficient (Wildman–Crippen LogP) is 3.24. The van der Waals surface area contributed by atoms with Crippen LogP contribution in [0.2, 0.25) is 0 Å². The highest BCUT2D eigenvalue weighted by atomic mass is 19.1. The van der Waals surface area contributed by atoms with Crippen LogP contribution in [0.5, 0.6) is 0 Å². The highest BCUT2D eigenvalue weighted by molar-refractivity contribution is 5.36. The Morgan fingerprint density at radius 1 is 1.20 bits per heavy atom. The van der Waals surface area contributed by atoms with Crippen molar-refractivity contribution in [2.75, 3.05) is 13.2 Å². The molecular weight excluding hydrogens is 328 g/mol. The van der Waals surface area contributed by atoms with Crippen LogP contribution < -0.4 is 5.73 Å². The Bertz CT molecular complexity index is 738. The van der Waals surface area contributed by atoms with Crippen LogP contribution in [0.1, 0.15) is 55.5 Å². The van der Waals surface area contributed by atoms with Gasteiger partial charge < -0.3 is 15.0 Å². The molecule has 0 unspecified atom stereocenters. The number of nitrogens with zero attached hydrogens (tertiary/aromatic N) is 2. The summed E-state index contributed by atoms with van der Waals surface area (Å²) in [6.07, 6.45) is 3.42. The van der Waals surface area contributed by atoms with Crippen molar-refractivity contribution in [3.8, 4) is 0 Å². The molecule has 1 saturated heterocycles. The highest BCUT2D eigenvalue weighted by Crippen LogP contribution is 2.47. The number of ether oxygens (including phenoxy) is 1. The van der Waals surface area contributed by atoms with E-state index >= 15 is 0 Å². The second-order valence-corrected chi connectivity index (χ2v) is 6.92. The van der Waals surface area contributed by atoms with Gasteiger partial charge in [0.1, 0.15) is 17.7 Å². The van der Waals surface area contributed by atoms with Gasteiger partial charge in [0, 0.05) is 18.1 Å². The molecule has 0 spiro atoms. The lowest BCUT2D eigenvalue weighted by molar-refractivity contribution is 0.0642. The number of halogens is 2. The van der Waals surface area contributed by atoms with Crippen LogP contribution >= 0.6 is 0 Å². The van der Waals surface area contributed by atoms with E-state index in [1.807, 2.05) is 0 Å². The molecule has 1 aromatic carbocycles. The third-order valence-electron chi connectivity index (χ3n) is 5.53. The molecule has 25 heavy (non-hydrogen) atoms. The standard InChI is InChI=1S/C18H21F2N3O2/c19-12-4-3-5-13(20)14(12)18(7-1-2-8-18)17-22-16(25-23-17)15-11(10-21)6-9-24-15/h3-5,11,15H,1-2,6-10,21H2/t11-,15-/m0/s1. The Labute approximate surface area is 144 Å². The van der Waals surface area contributed by atoms with Gasteiger partial charge in [-0.15, -0.1) is 0 Å². The third-order valence-corrected chi connectivity index (χ3v) is 5.53. The molecule has 2 N–H and O–H groups in total. The van der Waals surface area contributed by atoms with E-state index in [2.05, 4.69) is 10.1 Å². The normalized spacial score (nSPS) is 25.6. The SMILES string of the molecule is NC[C@@H]1CCO[C@@H]1c1nc(C2(c3c(F)cccc3F)CCCC2)no1. The van der Waals surface area contributed by atoms with Crippen molar-refractivity contribution in [1.29, 1.82) is 0 Å². The Kier molecular flexibility index (Phi) is 4.29. The zero-order chi connectivity index (χ0) is 17.4. The summed E-state index contributed by atoms with van der Waals surface area (Å²) >= 11 is 0. The molecule has 1 aliphatic carbocycles. The molecule has 5 nitrogen and oxygen atoms in total. The van der Waals surface area contributed by atoms with Crippen molar-refractivity contribution in [3.63, 3.8) is 0 Å². The van der Waals surface area contributed by atoms with Gasteiger partial charge >= 0.3 is 0 Å². The third kappa shape index (κ3) is 2.66. The van der Waals surface area contributed by atoms with Gasteiger partial charge in [-0.25, -0.2) is 8.78 Å². The van der Waals surface area contributed by atoms with Gasteiger partial charge in [0.05, 0.1) is 5.41 Å². The molecule has 0 amide bonds.